The molecule has 0 N–H and O–H groups in total. The fourth-order valence-corrected chi connectivity index (χ4v) is 3.56. The minimum atomic E-state index is 0.0949. The van der Waals surface area contributed by atoms with Gasteiger partial charge in [-0.3, -0.25) is 9.59 Å². The van der Waals surface area contributed by atoms with Crippen molar-refractivity contribution in [1.82, 2.24) is 9.80 Å². The summed E-state index contributed by atoms with van der Waals surface area (Å²) in [4.78, 5) is 28.9. The third-order valence-electron chi connectivity index (χ3n) is 3.94. The van der Waals surface area contributed by atoms with Crippen molar-refractivity contribution in [3.63, 3.8) is 0 Å². The van der Waals surface area contributed by atoms with E-state index in [1.165, 1.54) is 4.90 Å². The quantitative estimate of drug-likeness (QED) is 0.795. The van der Waals surface area contributed by atoms with Gasteiger partial charge in [0.2, 0.25) is 11.8 Å². The van der Waals surface area contributed by atoms with Crippen LogP contribution in [0.2, 0.25) is 0 Å². The molecule has 0 aromatic heterocycles. The molecule has 1 aliphatic rings. The van der Waals surface area contributed by atoms with Crippen LogP contribution in [0.4, 0.5) is 0 Å². The van der Waals surface area contributed by atoms with Gasteiger partial charge in [-0.2, -0.15) is 0 Å². The molecule has 0 saturated carbocycles. The van der Waals surface area contributed by atoms with Gasteiger partial charge in [0.1, 0.15) is 0 Å². The highest BCUT2D eigenvalue weighted by atomic mass is 32.2. The van der Waals surface area contributed by atoms with Crippen molar-refractivity contribution in [3.05, 3.63) is 29.8 Å². The van der Waals surface area contributed by atoms with E-state index in [9.17, 15) is 9.59 Å². The second kappa shape index (κ2) is 8.39. The first-order chi connectivity index (χ1) is 11.0. The summed E-state index contributed by atoms with van der Waals surface area (Å²) in [6, 6.07) is 8.27. The topological polar surface area (TPSA) is 40.6 Å². The number of rotatable bonds is 4. The Bertz CT molecular complexity index is 542. The third kappa shape index (κ3) is 5.57. The SMILES string of the molecule is CC(=O)N1CCCN(C(=O)Cc2ccc(SC(C)C)cc2)CC1. The summed E-state index contributed by atoms with van der Waals surface area (Å²) in [7, 11) is 0. The Morgan fingerprint density at radius 2 is 1.65 bits per heavy atom. The first-order valence-electron chi connectivity index (χ1n) is 8.24. The third-order valence-corrected chi connectivity index (χ3v) is 4.96. The predicted octanol–water partition coefficient (Wildman–Crippen LogP) is 2.81. The van der Waals surface area contributed by atoms with Gasteiger partial charge in [-0.15, -0.1) is 11.8 Å². The van der Waals surface area contributed by atoms with Gasteiger partial charge >= 0.3 is 0 Å². The maximum Gasteiger partial charge on any atom is 0.227 e. The second-order valence-corrected chi connectivity index (χ2v) is 7.88. The molecule has 0 aliphatic carbocycles. The Morgan fingerprint density at radius 1 is 1.04 bits per heavy atom. The van der Waals surface area contributed by atoms with Crippen LogP contribution in [0.3, 0.4) is 0 Å². The number of nitrogens with zero attached hydrogens (tertiary/aromatic N) is 2. The molecule has 4 nitrogen and oxygen atoms in total. The summed E-state index contributed by atoms with van der Waals surface area (Å²) in [5, 5.41) is 0.559. The van der Waals surface area contributed by atoms with Crippen LogP contribution in [0.25, 0.3) is 0 Å². The van der Waals surface area contributed by atoms with Crippen LogP contribution >= 0.6 is 11.8 Å². The molecule has 5 heteroatoms. The zero-order valence-corrected chi connectivity index (χ0v) is 15.1. The summed E-state index contributed by atoms with van der Waals surface area (Å²) < 4.78 is 0. The summed E-state index contributed by atoms with van der Waals surface area (Å²) in [5.74, 6) is 0.247. The van der Waals surface area contributed by atoms with Crippen molar-refractivity contribution in [2.24, 2.45) is 0 Å². The maximum absolute atomic E-state index is 12.5. The molecule has 0 unspecified atom stereocenters. The Balaban J connectivity index is 1.89. The zero-order valence-electron chi connectivity index (χ0n) is 14.2. The van der Waals surface area contributed by atoms with E-state index >= 15 is 0 Å². The molecule has 1 fully saturated rings. The number of thioether (sulfide) groups is 1. The lowest BCUT2D eigenvalue weighted by atomic mass is 10.1. The van der Waals surface area contributed by atoms with Crippen molar-refractivity contribution in [2.75, 3.05) is 26.2 Å². The number of amides is 2. The minimum Gasteiger partial charge on any atom is -0.341 e. The fraction of sp³-hybridized carbons (Fsp3) is 0.556. The molecule has 2 amide bonds. The first kappa shape index (κ1) is 17.9. The van der Waals surface area contributed by atoms with Gasteiger partial charge in [0.05, 0.1) is 6.42 Å². The molecule has 1 aliphatic heterocycles. The molecule has 0 spiro atoms. The molecular weight excluding hydrogens is 308 g/mol. The van der Waals surface area contributed by atoms with Gasteiger partial charge in [-0.25, -0.2) is 0 Å². The van der Waals surface area contributed by atoms with Gasteiger partial charge in [-0.1, -0.05) is 26.0 Å². The van der Waals surface area contributed by atoms with Gasteiger partial charge in [0.25, 0.3) is 0 Å². The van der Waals surface area contributed by atoms with E-state index in [-0.39, 0.29) is 11.8 Å². The van der Waals surface area contributed by atoms with Gasteiger partial charge < -0.3 is 9.80 Å². The summed E-state index contributed by atoms with van der Waals surface area (Å²) in [5.41, 5.74) is 1.05. The molecule has 1 aromatic rings. The van der Waals surface area contributed by atoms with E-state index in [0.29, 0.717) is 24.8 Å². The molecule has 0 atom stereocenters. The molecule has 23 heavy (non-hydrogen) atoms. The maximum atomic E-state index is 12.5. The summed E-state index contributed by atoms with van der Waals surface area (Å²) in [6.45, 7) is 8.71. The van der Waals surface area contributed by atoms with Crippen molar-refractivity contribution in [3.8, 4) is 0 Å². The fourth-order valence-electron chi connectivity index (χ4n) is 2.73. The van der Waals surface area contributed by atoms with Crippen LogP contribution < -0.4 is 0 Å². The summed E-state index contributed by atoms with van der Waals surface area (Å²) in [6.07, 6.45) is 1.29. The van der Waals surface area contributed by atoms with E-state index in [0.717, 1.165) is 25.1 Å². The number of hydrogen-bond acceptors (Lipinski definition) is 3. The largest absolute Gasteiger partial charge is 0.341 e. The van der Waals surface area contributed by atoms with Crippen LogP contribution in [0, 0.1) is 0 Å². The molecule has 1 saturated heterocycles. The van der Waals surface area contributed by atoms with E-state index in [2.05, 4.69) is 26.0 Å². The molecule has 0 radical (unpaired) electrons. The number of carbonyl (C=O) groups is 2. The second-order valence-electron chi connectivity index (χ2n) is 6.23. The number of hydrogen-bond donors (Lipinski definition) is 0. The van der Waals surface area contributed by atoms with Crippen molar-refractivity contribution >= 4 is 23.6 Å². The lowest BCUT2D eigenvalue weighted by Gasteiger charge is -2.21. The van der Waals surface area contributed by atoms with E-state index in [4.69, 9.17) is 0 Å². The smallest absolute Gasteiger partial charge is 0.227 e. The van der Waals surface area contributed by atoms with Gasteiger partial charge in [-0.05, 0) is 24.1 Å². The lowest BCUT2D eigenvalue weighted by Crippen LogP contribution is -2.37. The molecule has 1 aromatic carbocycles. The van der Waals surface area contributed by atoms with Gasteiger partial charge in [0, 0.05) is 43.2 Å². The monoisotopic (exact) mass is 334 g/mol. The Morgan fingerprint density at radius 3 is 2.26 bits per heavy atom. The normalized spacial score (nSPS) is 15.7. The Labute approximate surface area is 143 Å². The Hall–Kier alpha value is -1.49. The lowest BCUT2D eigenvalue weighted by molar-refractivity contribution is -0.132. The van der Waals surface area contributed by atoms with E-state index in [1.54, 1.807) is 6.92 Å². The molecule has 1 heterocycles. The average molecular weight is 334 g/mol. The van der Waals surface area contributed by atoms with Crippen molar-refractivity contribution in [2.45, 2.75) is 43.8 Å². The van der Waals surface area contributed by atoms with Crippen LogP contribution in [-0.2, 0) is 16.0 Å². The molecule has 2 rings (SSSR count). The summed E-state index contributed by atoms with van der Waals surface area (Å²) >= 11 is 1.83. The van der Waals surface area contributed by atoms with E-state index < -0.39 is 0 Å². The molecule has 126 valence electrons. The van der Waals surface area contributed by atoms with Gasteiger partial charge in [0.15, 0.2) is 0 Å². The van der Waals surface area contributed by atoms with Crippen molar-refractivity contribution < 1.29 is 9.59 Å². The van der Waals surface area contributed by atoms with Crippen molar-refractivity contribution in [1.29, 1.82) is 0 Å². The minimum absolute atomic E-state index is 0.0949. The predicted molar refractivity (Wildman–Crippen MR) is 94.6 cm³/mol. The first-order valence-corrected chi connectivity index (χ1v) is 9.12. The van der Waals surface area contributed by atoms with Crippen LogP contribution in [0.5, 0.6) is 0 Å². The molecule has 0 bridgehead atoms. The van der Waals surface area contributed by atoms with E-state index in [1.807, 2.05) is 33.7 Å². The number of benzene rings is 1. The standard InChI is InChI=1S/C18H26N2O2S/c1-14(2)23-17-7-5-16(6-8-17)13-18(22)20-10-4-9-19(11-12-20)15(3)21/h5-8,14H,4,9-13H2,1-3H3. The van der Waals surface area contributed by atoms with Crippen LogP contribution in [0.15, 0.2) is 29.2 Å². The van der Waals surface area contributed by atoms with Crippen LogP contribution in [-0.4, -0.2) is 53.0 Å². The zero-order chi connectivity index (χ0) is 16.8. The highest BCUT2D eigenvalue weighted by Crippen LogP contribution is 2.23. The highest BCUT2D eigenvalue weighted by Gasteiger charge is 2.20. The van der Waals surface area contributed by atoms with Crippen LogP contribution in [0.1, 0.15) is 32.8 Å². The highest BCUT2D eigenvalue weighted by molar-refractivity contribution is 7.99. The average Bonchev–Trinajstić information content (AvgIpc) is 2.75. The number of carbonyl (C=O) groups excluding carboxylic acids is 2. The Kier molecular flexibility index (Phi) is 6.51. The molecular formula is C18H26N2O2S.